The maximum Gasteiger partial charge on any atom is 0.313 e. The SMILES string of the molecule is CN(C)c1ccc(C(CNC(=O)C(=O)Nc2ccc(Cl)cc2)N2CCc3ccccc32)cc1. The summed E-state index contributed by atoms with van der Waals surface area (Å²) < 4.78 is 0. The maximum atomic E-state index is 12.6. The fraction of sp³-hybridized carbons (Fsp3) is 0.231. The minimum absolute atomic E-state index is 0.0999. The summed E-state index contributed by atoms with van der Waals surface area (Å²) in [5, 5.41) is 6.00. The van der Waals surface area contributed by atoms with Crippen molar-refractivity contribution in [2.75, 3.05) is 42.3 Å². The van der Waals surface area contributed by atoms with Crippen LogP contribution in [0, 0.1) is 0 Å². The van der Waals surface area contributed by atoms with Crippen molar-refractivity contribution in [3.8, 4) is 0 Å². The second kappa shape index (κ2) is 9.96. The molecule has 0 fully saturated rings. The lowest BCUT2D eigenvalue weighted by Gasteiger charge is -2.31. The van der Waals surface area contributed by atoms with Crippen LogP contribution in [0.15, 0.2) is 72.8 Å². The van der Waals surface area contributed by atoms with Crippen LogP contribution in [0.3, 0.4) is 0 Å². The van der Waals surface area contributed by atoms with Gasteiger partial charge in [-0.2, -0.15) is 0 Å². The van der Waals surface area contributed by atoms with E-state index in [4.69, 9.17) is 11.6 Å². The lowest BCUT2D eigenvalue weighted by molar-refractivity contribution is -0.136. The van der Waals surface area contributed by atoms with Gasteiger partial charge in [0.05, 0.1) is 6.04 Å². The van der Waals surface area contributed by atoms with E-state index in [1.165, 1.54) is 11.3 Å². The Labute approximate surface area is 199 Å². The highest BCUT2D eigenvalue weighted by Gasteiger charge is 2.28. The molecule has 2 amide bonds. The highest BCUT2D eigenvalue weighted by molar-refractivity contribution is 6.39. The number of rotatable bonds is 6. The molecule has 33 heavy (non-hydrogen) atoms. The molecule has 0 bridgehead atoms. The van der Waals surface area contributed by atoms with Crippen molar-refractivity contribution in [1.82, 2.24) is 5.32 Å². The van der Waals surface area contributed by atoms with Crippen molar-refractivity contribution >= 4 is 40.5 Å². The lowest BCUT2D eigenvalue weighted by Crippen LogP contribution is -2.41. The van der Waals surface area contributed by atoms with Crippen molar-refractivity contribution in [2.45, 2.75) is 12.5 Å². The number of nitrogens with zero attached hydrogens (tertiary/aromatic N) is 2. The van der Waals surface area contributed by atoms with Crippen LogP contribution in [-0.4, -0.2) is 39.0 Å². The molecular formula is C26H27ClN4O2. The Balaban J connectivity index is 1.50. The Hall–Kier alpha value is -3.51. The minimum Gasteiger partial charge on any atom is -0.378 e. The van der Waals surface area contributed by atoms with Gasteiger partial charge in [0, 0.05) is 49.3 Å². The molecule has 0 spiro atoms. The number of fused-ring (bicyclic) bond motifs is 1. The van der Waals surface area contributed by atoms with Crippen LogP contribution in [0.2, 0.25) is 5.02 Å². The van der Waals surface area contributed by atoms with E-state index in [1.807, 2.05) is 31.1 Å². The summed E-state index contributed by atoms with van der Waals surface area (Å²) >= 11 is 5.88. The number of carbonyl (C=O) groups is 2. The largest absolute Gasteiger partial charge is 0.378 e. The van der Waals surface area contributed by atoms with E-state index in [-0.39, 0.29) is 6.04 Å². The van der Waals surface area contributed by atoms with Gasteiger partial charge in [0.15, 0.2) is 0 Å². The molecule has 6 nitrogen and oxygen atoms in total. The fourth-order valence-corrected chi connectivity index (χ4v) is 4.21. The maximum absolute atomic E-state index is 12.6. The number of carbonyl (C=O) groups excluding carboxylic acids is 2. The van der Waals surface area contributed by atoms with Gasteiger partial charge in [0.2, 0.25) is 0 Å². The topological polar surface area (TPSA) is 64.7 Å². The number of para-hydroxylation sites is 1. The number of hydrogen-bond donors (Lipinski definition) is 2. The first-order chi connectivity index (χ1) is 15.9. The van der Waals surface area contributed by atoms with E-state index in [9.17, 15) is 9.59 Å². The smallest absolute Gasteiger partial charge is 0.313 e. The minimum atomic E-state index is -0.708. The molecule has 1 heterocycles. The predicted octanol–water partition coefficient (Wildman–Crippen LogP) is 4.26. The summed E-state index contributed by atoms with van der Waals surface area (Å²) in [5.41, 5.74) is 5.16. The van der Waals surface area contributed by atoms with Crippen LogP contribution < -0.4 is 20.4 Å². The summed E-state index contributed by atoms with van der Waals surface area (Å²) in [6.07, 6.45) is 0.952. The molecule has 0 aliphatic carbocycles. The number of nitrogens with one attached hydrogen (secondary N) is 2. The van der Waals surface area contributed by atoms with Gasteiger partial charge in [-0.3, -0.25) is 9.59 Å². The summed E-state index contributed by atoms with van der Waals surface area (Å²) in [4.78, 5) is 29.3. The third kappa shape index (κ3) is 5.29. The standard InChI is InChI=1S/C26H27ClN4O2/c1-30(2)22-13-7-19(8-14-22)24(31-16-15-18-5-3-4-6-23(18)31)17-28-25(32)26(33)29-21-11-9-20(27)10-12-21/h3-14,24H,15-17H2,1-2H3,(H,28,32)(H,29,33). The Morgan fingerprint density at radius 2 is 1.67 bits per heavy atom. The first-order valence-corrected chi connectivity index (χ1v) is 11.3. The van der Waals surface area contributed by atoms with Crippen molar-refractivity contribution in [3.05, 3.63) is 88.9 Å². The molecular weight excluding hydrogens is 436 g/mol. The van der Waals surface area contributed by atoms with Crippen LogP contribution in [0.25, 0.3) is 0 Å². The normalized spacial score (nSPS) is 13.2. The van der Waals surface area contributed by atoms with E-state index in [1.54, 1.807) is 24.3 Å². The molecule has 2 N–H and O–H groups in total. The summed E-state index contributed by atoms with van der Waals surface area (Å²) in [7, 11) is 4.01. The molecule has 1 unspecified atom stereocenters. The van der Waals surface area contributed by atoms with Crippen LogP contribution in [-0.2, 0) is 16.0 Å². The van der Waals surface area contributed by atoms with Crippen LogP contribution in [0.1, 0.15) is 17.2 Å². The second-order valence-corrected chi connectivity index (χ2v) is 8.68. The number of hydrogen-bond acceptors (Lipinski definition) is 4. The average Bonchev–Trinajstić information content (AvgIpc) is 3.25. The van der Waals surface area contributed by atoms with Gasteiger partial charge in [0.25, 0.3) is 0 Å². The van der Waals surface area contributed by atoms with Crippen molar-refractivity contribution in [2.24, 2.45) is 0 Å². The predicted molar refractivity (Wildman–Crippen MR) is 134 cm³/mol. The Morgan fingerprint density at radius 1 is 0.970 bits per heavy atom. The van der Waals surface area contributed by atoms with E-state index in [2.05, 4.69) is 51.9 Å². The molecule has 7 heteroatoms. The Kier molecular flexibility index (Phi) is 6.84. The third-order valence-corrected chi connectivity index (χ3v) is 6.11. The molecule has 1 aliphatic heterocycles. The third-order valence-electron chi connectivity index (χ3n) is 5.86. The van der Waals surface area contributed by atoms with Crippen LogP contribution in [0.4, 0.5) is 17.1 Å². The molecule has 0 radical (unpaired) electrons. The van der Waals surface area contributed by atoms with E-state index >= 15 is 0 Å². The fourth-order valence-electron chi connectivity index (χ4n) is 4.08. The van der Waals surface area contributed by atoms with Gasteiger partial charge in [0.1, 0.15) is 0 Å². The summed E-state index contributed by atoms with van der Waals surface area (Å²) in [6, 6.07) is 23.2. The molecule has 4 rings (SSSR count). The Morgan fingerprint density at radius 3 is 2.36 bits per heavy atom. The van der Waals surface area contributed by atoms with Gasteiger partial charge >= 0.3 is 11.8 Å². The summed E-state index contributed by atoms with van der Waals surface area (Å²) in [6.45, 7) is 1.16. The average molecular weight is 463 g/mol. The van der Waals surface area contributed by atoms with Crippen molar-refractivity contribution in [3.63, 3.8) is 0 Å². The molecule has 170 valence electrons. The number of amides is 2. The first kappa shape index (κ1) is 22.7. The molecule has 3 aromatic carbocycles. The number of anilines is 3. The van der Waals surface area contributed by atoms with Gasteiger partial charge in [-0.15, -0.1) is 0 Å². The van der Waals surface area contributed by atoms with Gasteiger partial charge in [-0.05, 0) is 60.0 Å². The highest BCUT2D eigenvalue weighted by Crippen LogP contribution is 2.35. The zero-order chi connectivity index (χ0) is 23.4. The number of halogens is 1. The molecule has 0 aromatic heterocycles. The van der Waals surface area contributed by atoms with Gasteiger partial charge in [-0.1, -0.05) is 41.9 Å². The van der Waals surface area contributed by atoms with Crippen molar-refractivity contribution in [1.29, 1.82) is 0 Å². The molecule has 1 atom stereocenters. The van der Waals surface area contributed by atoms with Crippen molar-refractivity contribution < 1.29 is 9.59 Å². The molecule has 3 aromatic rings. The zero-order valence-corrected chi connectivity index (χ0v) is 19.5. The van der Waals surface area contributed by atoms with E-state index in [0.29, 0.717) is 17.3 Å². The number of benzene rings is 3. The second-order valence-electron chi connectivity index (χ2n) is 8.24. The van der Waals surface area contributed by atoms with Gasteiger partial charge < -0.3 is 20.4 Å². The monoisotopic (exact) mass is 462 g/mol. The van der Waals surface area contributed by atoms with Gasteiger partial charge in [-0.25, -0.2) is 0 Å². The molecule has 0 saturated carbocycles. The quantitative estimate of drug-likeness (QED) is 0.537. The summed E-state index contributed by atoms with van der Waals surface area (Å²) in [5.74, 6) is -1.38. The van der Waals surface area contributed by atoms with Crippen LogP contribution >= 0.6 is 11.6 Å². The first-order valence-electron chi connectivity index (χ1n) is 10.9. The van der Waals surface area contributed by atoms with E-state index < -0.39 is 11.8 Å². The van der Waals surface area contributed by atoms with Crippen LogP contribution in [0.5, 0.6) is 0 Å². The molecule has 1 aliphatic rings. The van der Waals surface area contributed by atoms with E-state index in [0.717, 1.165) is 24.2 Å². The molecule has 0 saturated heterocycles. The lowest BCUT2D eigenvalue weighted by atomic mass is 10.0. The highest BCUT2D eigenvalue weighted by atomic mass is 35.5. The zero-order valence-electron chi connectivity index (χ0n) is 18.7. The Bertz CT molecular complexity index is 1130.